The van der Waals surface area contributed by atoms with Crippen molar-refractivity contribution in [2.45, 2.75) is 85.0 Å². The fourth-order valence-corrected chi connectivity index (χ4v) is 5.97. The van der Waals surface area contributed by atoms with Gasteiger partial charge in [-0.2, -0.15) is 0 Å². The number of aromatic amines is 1. The number of ether oxygens (including phenoxy) is 1. The Labute approximate surface area is 320 Å². The van der Waals surface area contributed by atoms with Crippen LogP contribution in [0.3, 0.4) is 0 Å². The molecule has 16 heteroatoms. The Bertz CT molecular complexity index is 2090. The summed E-state index contributed by atoms with van der Waals surface area (Å²) < 4.78 is 8.26. The second-order valence-electron chi connectivity index (χ2n) is 16.2. The smallest absolute Gasteiger partial charge is 0.255 e. The van der Waals surface area contributed by atoms with E-state index < -0.39 is 8.07 Å². The van der Waals surface area contributed by atoms with Crippen molar-refractivity contribution in [2.24, 2.45) is 0 Å². The molecule has 5 rings (SSSR count). The number of fused-ring (bicyclic) bond motifs is 2. The number of carbonyl (C=O) groups excluding carboxylic acids is 3. The number of benzene rings is 1. The average molecular weight is 808 g/mol. The molecule has 14 nitrogen and oxygen atoms in total. The summed E-state index contributed by atoms with van der Waals surface area (Å²) in [5, 5.41) is 9.04. The fraction of sp³-hybridized carbons (Fsp3) is 0.432. The molecule has 0 aliphatic rings. The normalized spacial score (nSPS) is 11.9. The van der Waals surface area contributed by atoms with E-state index in [0.29, 0.717) is 68.5 Å². The van der Waals surface area contributed by atoms with Gasteiger partial charge in [0.05, 0.1) is 34.8 Å². The van der Waals surface area contributed by atoms with Crippen molar-refractivity contribution in [2.75, 3.05) is 26.0 Å². The molecule has 5 aromatic rings. The molecule has 284 valence electrons. The predicted octanol–water partition coefficient (Wildman–Crippen LogP) is 6.97. The zero-order valence-electron chi connectivity index (χ0n) is 32.4. The second kappa shape index (κ2) is 16.6. The van der Waals surface area contributed by atoms with Gasteiger partial charge in [0.1, 0.15) is 28.2 Å². The first kappa shape index (κ1) is 41.1. The topological polar surface area (TPSA) is 172 Å². The number of halogens is 1. The van der Waals surface area contributed by atoms with Gasteiger partial charge in [-0.3, -0.25) is 14.4 Å². The second-order valence-corrected chi connectivity index (χ2v) is 22.6. The molecule has 0 atom stereocenters. The molecular formula is C37H51BrN10O4Si. The van der Waals surface area contributed by atoms with E-state index in [1.54, 1.807) is 57.1 Å². The van der Waals surface area contributed by atoms with Crippen molar-refractivity contribution in [1.29, 1.82) is 0 Å². The molecule has 0 radical (unpaired) electrons. The van der Waals surface area contributed by atoms with Crippen molar-refractivity contribution < 1.29 is 19.1 Å². The predicted molar refractivity (Wildman–Crippen MR) is 215 cm³/mol. The number of nitrogens with one attached hydrogen (secondary N) is 4. The van der Waals surface area contributed by atoms with E-state index in [1.165, 1.54) is 4.90 Å². The lowest BCUT2D eigenvalue weighted by Gasteiger charge is -2.20. The summed E-state index contributed by atoms with van der Waals surface area (Å²) in [5.74, 6) is -0.0703. The van der Waals surface area contributed by atoms with Crippen LogP contribution in [0.2, 0.25) is 25.7 Å². The maximum Gasteiger partial charge on any atom is 0.255 e. The number of carbonyl (C=O) groups is 3. The molecule has 0 aliphatic carbocycles. The van der Waals surface area contributed by atoms with Gasteiger partial charge in [0, 0.05) is 52.2 Å². The molecule has 0 unspecified atom stereocenters. The maximum absolute atomic E-state index is 12.6. The van der Waals surface area contributed by atoms with E-state index in [0.717, 1.165) is 6.04 Å². The van der Waals surface area contributed by atoms with Crippen LogP contribution in [0.5, 0.6) is 0 Å². The van der Waals surface area contributed by atoms with Gasteiger partial charge < -0.3 is 35.1 Å². The molecule has 53 heavy (non-hydrogen) atoms. The summed E-state index contributed by atoms with van der Waals surface area (Å²) in [6, 6.07) is 8.28. The summed E-state index contributed by atoms with van der Waals surface area (Å²) in [6.07, 6.45) is 6.55. The standard InChI is InChI=1S/C20H24N6O2.C17H27BrN4O2Si/c1-20(2,3)25-18(27)13-10-21-17-16(13)24-15(11-22-17)23-14-9-7-6-8-12(14)19(28)26(4)5;1-17(2,3)21-16(23)12-10-22(11-24-7-8-25(4,5)6)15-14(12)20-13(18)9-19-15/h6-11H,1-5H3,(H,21,22)(H,23,24)(H,25,27);9-10H,7-8,11H2,1-6H3,(H,21,23). The SMILES string of the molecule is CC(C)(C)NC(=O)c1cn(COCC[Si](C)(C)C)c2ncc(Br)nc12.CN(C)C(=O)c1ccccc1Nc1cnc2[nH]cc(C(=O)NC(C)(C)C)c2n1. The third kappa shape index (κ3) is 11.7. The van der Waals surface area contributed by atoms with Crippen LogP contribution in [-0.4, -0.2) is 92.0 Å². The fourth-order valence-electron chi connectivity index (χ4n) is 4.93. The van der Waals surface area contributed by atoms with Gasteiger partial charge in [-0.15, -0.1) is 0 Å². The van der Waals surface area contributed by atoms with Gasteiger partial charge in [-0.1, -0.05) is 31.8 Å². The molecule has 4 N–H and O–H groups in total. The first-order chi connectivity index (χ1) is 24.6. The third-order valence-electron chi connectivity index (χ3n) is 7.44. The molecule has 0 saturated carbocycles. The highest BCUT2D eigenvalue weighted by Gasteiger charge is 2.23. The Kier molecular flexibility index (Phi) is 12.8. The number of H-pyrrole nitrogens is 1. The number of hydrogen-bond donors (Lipinski definition) is 4. The van der Waals surface area contributed by atoms with E-state index in [-0.39, 0.29) is 28.8 Å². The van der Waals surface area contributed by atoms with Crippen LogP contribution in [0.15, 0.2) is 53.7 Å². The van der Waals surface area contributed by atoms with Crippen LogP contribution < -0.4 is 16.0 Å². The Morgan fingerprint density at radius 2 is 1.53 bits per heavy atom. The minimum atomic E-state index is -1.13. The number of hydrogen-bond acceptors (Lipinski definition) is 9. The Morgan fingerprint density at radius 1 is 0.887 bits per heavy atom. The van der Waals surface area contributed by atoms with Gasteiger partial charge in [0.2, 0.25) is 0 Å². The molecule has 4 aromatic heterocycles. The zero-order chi connectivity index (χ0) is 39.3. The summed E-state index contributed by atoms with van der Waals surface area (Å²) in [4.78, 5) is 59.8. The highest BCUT2D eigenvalue weighted by molar-refractivity contribution is 9.10. The Balaban J connectivity index is 0.000000238. The summed E-state index contributed by atoms with van der Waals surface area (Å²) in [5.41, 5.74) is 3.57. The van der Waals surface area contributed by atoms with Crippen LogP contribution in [-0.2, 0) is 11.5 Å². The van der Waals surface area contributed by atoms with Crippen molar-refractivity contribution in [3.63, 3.8) is 0 Å². The number of amides is 3. The van der Waals surface area contributed by atoms with Crippen LogP contribution in [0.25, 0.3) is 22.3 Å². The summed E-state index contributed by atoms with van der Waals surface area (Å²) in [6.45, 7) is 19.6. The molecule has 0 saturated heterocycles. The summed E-state index contributed by atoms with van der Waals surface area (Å²) >= 11 is 3.33. The third-order valence-corrected chi connectivity index (χ3v) is 9.52. The number of rotatable bonds is 10. The van der Waals surface area contributed by atoms with Gasteiger partial charge in [-0.05, 0) is 75.6 Å². The number of aromatic nitrogens is 6. The molecule has 0 aliphatic heterocycles. The van der Waals surface area contributed by atoms with E-state index >= 15 is 0 Å². The zero-order valence-corrected chi connectivity index (χ0v) is 35.0. The minimum Gasteiger partial charge on any atom is -0.361 e. The molecule has 0 fully saturated rings. The van der Waals surface area contributed by atoms with Crippen LogP contribution >= 0.6 is 15.9 Å². The number of anilines is 2. The van der Waals surface area contributed by atoms with E-state index in [1.807, 2.05) is 52.2 Å². The minimum absolute atomic E-state index is 0.121. The lowest BCUT2D eigenvalue weighted by Crippen LogP contribution is -2.40. The molecule has 0 bridgehead atoms. The van der Waals surface area contributed by atoms with Crippen LogP contribution in [0.1, 0.15) is 72.6 Å². The largest absolute Gasteiger partial charge is 0.361 e. The average Bonchev–Trinajstić information content (AvgIpc) is 3.62. The van der Waals surface area contributed by atoms with E-state index in [2.05, 4.69) is 76.4 Å². The van der Waals surface area contributed by atoms with Gasteiger partial charge in [-0.25, -0.2) is 19.9 Å². The van der Waals surface area contributed by atoms with Gasteiger partial charge in [0.25, 0.3) is 17.7 Å². The Morgan fingerprint density at radius 3 is 2.15 bits per heavy atom. The first-order valence-corrected chi connectivity index (χ1v) is 21.8. The van der Waals surface area contributed by atoms with Gasteiger partial charge in [0.15, 0.2) is 11.3 Å². The lowest BCUT2D eigenvalue weighted by molar-refractivity contribution is 0.0827. The van der Waals surface area contributed by atoms with Crippen molar-refractivity contribution >= 4 is 75.6 Å². The molecule has 0 spiro atoms. The van der Waals surface area contributed by atoms with Crippen molar-refractivity contribution in [1.82, 2.24) is 45.0 Å². The molecule has 1 aromatic carbocycles. The molecule has 3 amide bonds. The van der Waals surface area contributed by atoms with Crippen molar-refractivity contribution in [3.05, 3.63) is 70.3 Å². The quantitative estimate of drug-likeness (QED) is 0.0860. The highest BCUT2D eigenvalue weighted by atomic mass is 79.9. The highest BCUT2D eigenvalue weighted by Crippen LogP contribution is 2.24. The van der Waals surface area contributed by atoms with Gasteiger partial charge >= 0.3 is 0 Å². The Hall–Kier alpha value is -4.67. The first-order valence-electron chi connectivity index (χ1n) is 17.3. The molecule has 4 heterocycles. The monoisotopic (exact) mass is 806 g/mol. The number of para-hydroxylation sites is 1. The van der Waals surface area contributed by atoms with Crippen LogP contribution in [0, 0.1) is 0 Å². The summed E-state index contributed by atoms with van der Waals surface area (Å²) in [7, 11) is 2.27. The maximum atomic E-state index is 12.6. The lowest BCUT2D eigenvalue weighted by atomic mass is 10.1. The van der Waals surface area contributed by atoms with E-state index in [9.17, 15) is 14.4 Å². The number of nitrogens with zero attached hydrogens (tertiary/aromatic N) is 6. The molecular weight excluding hydrogens is 756 g/mol. The van der Waals surface area contributed by atoms with E-state index in [4.69, 9.17) is 4.74 Å². The van der Waals surface area contributed by atoms with Crippen molar-refractivity contribution in [3.8, 4) is 0 Å². The van der Waals surface area contributed by atoms with Crippen LogP contribution in [0.4, 0.5) is 11.5 Å².